The van der Waals surface area contributed by atoms with Crippen LogP contribution in [0.3, 0.4) is 0 Å². The van der Waals surface area contributed by atoms with Crippen LogP contribution in [0.5, 0.6) is 0 Å². The molecule has 0 nitrogen and oxygen atoms in total. The van der Waals surface area contributed by atoms with Crippen molar-refractivity contribution in [2.24, 2.45) is 5.92 Å². The number of unbranched alkanes of at least 4 members (excludes halogenated alkanes) is 11. The highest BCUT2D eigenvalue weighted by Crippen LogP contribution is 2.24. The Hall–Kier alpha value is 0.290. The zero-order valence-corrected chi connectivity index (χ0v) is 16.4. The van der Waals surface area contributed by atoms with E-state index in [0.717, 1.165) is 11.8 Å². The Balaban J connectivity index is 3.65. The van der Waals surface area contributed by atoms with E-state index in [1.807, 2.05) is 0 Å². The molecule has 0 rings (SSSR count). The minimum Gasteiger partial charge on any atom is -0.127 e. The van der Waals surface area contributed by atoms with E-state index in [-0.39, 0.29) is 0 Å². The number of halogens is 1. The average Bonchev–Trinajstić information content (AvgIpc) is 2.53. The van der Waals surface area contributed by atoms with Gasteiger partial charge in [0.15, 0.2) is 0 Å². The summed E-state index contributed by atoms with van der Waals surface area (Å²) in [5, 5.41) is 0. The van der Waals surface area contributed by atoms with Crippen molar-refractivity contribution in [1.29, 1.82) is 0 Å². The first-order valence-electron chi connectivity index (χ1n) is 10.4. The van der Waals surface area contributed by atoms with E-state index in [4.69, 9.17) is 11.6 Å². The number of hydrogen-bond acceptors (Lipinski definition) is 0. The molecule has 0 radical (unpaired) electrons. The first kappa shape index (κ1) is 22.3. The molecule has 0 fully saturated rings. The fourth-order valence-corrected chi connectivity index (χ4v) is 3.58. The van der Waals surface area contributed by atoms with Gasteiger partial charge in [-0.3, -0.25) is 0 Å². The number of rotatable bonds is 18. The molecule has 0 heterocycles. The second kappa shape index (κ2) is 19.3. The molecule has 0 atom stereocenters. The molecular formula is C21H43Cl. The van der Waals surface area contributed by atoms with Crippen LogP contribution in [0, 0.1) is 5.92 Å². The van der Waals surface area contributed by atoms with Gasteiger partial charge in [0.2, 0.25) is 0 Å². The monoisotopic (exact) mass is 330 g/mol. The summed E-state index contributed by atoms with van der Waals surface area (Å²) in [7, 11) is 0. The highest BCUT2D eigenvalue weighted by molar-refractivity contribution is 6.17. The van der Waals surface area contributed by atoms with Crippen LogP contribution < -0.4 is 0 Å². The average molecular weight is 331 g/mol. The second-order valence-corrected chi connectivity index (χ2v) is 7.54. The van der Waals surface area contributed by atoms with Crippen molar-refractivity contribution >= 4 is 11.6 Å². The number of alkyl halides is 1. The first-order valence-corrected chi connectivity index (χ1v) is 10.9. The normalized spacial score (nSPS) is 11.5. The van der Waals surface area contributed by atoms with Gasteiger partial charge in [-0.05, 0) is 12.3 Å². The molecule has 0 aromatic carbocycles. The molecule has 1 heteroatoms. The maximum Gasteiger partial charge on any atom is 0.0223 e. The summed E-state index contributed by atoms with van der Waals surface area (Å²) in [6.45, 7) is 4.60. The van der Waals surface area contributed by atoms with Gasteiger partial charge in [0.1, 0.15) is 0 Å². The third-order valence-corrected chi connectivity index (χ3v) is 5.20. The zero-order valence-electron chi connectivity index (χ0n) is 15.7. The van der Waals surface area contributed by atoms with E-state index in [1.54, 1.807) is 0 Å². The van der Waals surface area contributed by atoms with Crippen molar-refractivity contribution in [3.8, 4) is 0 Å². The summed E-state index contributed by atoms with van der Waals surface area (Å²) < 4.78 is 0. The molecule has 0 amide bonds. The van der Waals surface area contributed by atoms with Gasteiger partial charge in [0.05, 0.1) is 0 Å². The zero-order chi connectivity index (χ0) is 16.3. The Morgan fingerprint density at radius 3 is 1.27 bits per heavy atom. The maximum atomic E-state index is 5.84. The molecular weight excluding hydrogens is 288 g/mol. The summed E-state index contributed by atoms with van der Waals surface area (Å²) in [5.74, 6) is 1.83. The van der Waals surface area contributed by atoms with E-state index < -0.39 is 0 Å². The molecule has 0 spiro atoms. The van der Waals surface area contributed by atoms with Crippen molar-refractivity contribution in [3.63, 3.8) is 0 Å². The third kappa shape index (κ3) is 16.7. The topological polar surface area (TPSA) is 0 Å². The highest BCUT2D eigenvalue weighted by Gasteiger charge is 2.08. The van der Waals surface area contributed by atoms with Gasteiger partial charge in [0, 0.05) is 5.88 Å². The second-order valence-electron chi connectivity index (χ2n) is 7.16. The van der Waals surface area contributed by atoms with Crippen LogP contribution in [0.4, 0.5) is 0 Å². The van der Waals surface area contributed by atoms with Gasteiger partial charge >= 0.3 is 0 Å². The summed E-state index contributed by atoms with van der Waals surface area (Å²) in [4.78, 5) is 0. The van der Waals surface area contributed by atoms with E-state index in [1.165, 1.54) is 109 Å². The van der Waals surface area contributed by atoms with Gasteiger partial charge in [-0.2, -0.15) is 0 Å². The molecule has 0 saturated heterocycles. The summed E-state index contributed by atoms with van der Waals surface area (Å²) in [6, 6.07) is 0. The molecule has 0 aliphatic rings. The Morgan fingerprint density at radius 1 is 0.500 bits per heavy atom. The molecule has 0 saturated carbocycles. The van der Waals surface area contributed by atoms with Gasteiger partial charge < -0.3 is 0 Å². The Labute approximate surface area is 146 Å². The summed E-state index contributed by atoms with van der Waals surface area (Å²) in [6.07, 6.45) is 24.2. The molecule has 0 N–H and O–H groups in total. The predicted molar refractivity (Wildman–Crippen MR) is 104 cm³/mol. The van der Waals surface area contributed by atoms with Gasteiger partial charge in [0.25, 0.3) is 0 Å². The van der Waals surface area contributed by atoms with Crippen LogP contribution in [-0.2, 0) is 0 Å². The Kier molecular flexibility index (Phi) is 19.6. The SMILES string of the molecule is CCCCCCCCC(CCCCCl)CCCCCCCC. The van der Waals surface area contributed by atoms with Crippen molar-refractivity contribution in [2.75, 3.05) is 5.88 Å². The van der Waals surface area contributed by atoms with E-state index in [9.17, 15) is 0 Å². The first-order chi connectivity index (χ1) is 10.8. The van der Waals surface area contributed by atoms with Crippen LogP contribution >= 0.6 is 11.6 Å². The lowest BCUT2D eigenvalue weighted by atomic mass is 9.90. The minimum absolute atomic E-state index is 0.848. The van der Waals surface area contributed by atoms with Crippen molar-refractivity contribution in [1.82, 2.24) is 0 Å². The molecule has 0 aliphatic carbocycles. The largest absolute Gasteiger partial charge is 0.127 e. The maximum absolute atomic E-state index is 5.84. The molecule has 22 heavy (non-hydrogen) atoms. The van der Waals surface area contributed by atoms with Crippen LogP contribution in [-0.4, -0.2) is 5.88 Å². The summed E-state index contributed by atoms with van der Waals surface area (Å²) in [5.41, 5.74) is 0. The van der Waals surface area contributed by atoms with Gasteiger partial charge in [-0.15, -0.1) is 11.6 Å². The molecule has 134 valence electrons. The smallest absolute Gasteiger partial charge is 0.0223 e. The van der Waals surface area contributed by atoms with Crippen LogP contribution in [0.1, 0.15) is 123 Å². The third-order valence-electron chi connectivity index (χ3n) is 4.93. The molecule has 0 bridgehead atoms. The Bertz CT molecular complexity index is 174. The molecule has 0 aromatic heterocycles. The van der Waals surface area contributed by atoms with Gasteiger partial charge in [-0.25, -0.2) is 0 Å². The predicted octanol–water partition coefficient (Wildman–Crippen LogP) is 8.51. The van der Waals surface area contributed by atoms with E-state index in [2.05, 4.69) is 13.8 Å². The Morgan fingerprint density at radius 2 is 0.864 bits per heavy atom. The van der Waals surface area contributed by atoms with Crippen molar-refractivity contribution in [2.45, 2.75) is 123 Å². The van der Waals surface area contributed by atoms with Crippen LogP contribution in [0.15, 0.2) is 0 Å². The van der Waals surface area contributed by atoms with Crippen molar-refractivity contribution in [3.05, 3.63) is 0 Å². The number of hydrogen-bond donors (Lipinski definition) is 0. The van der Waals surface area contributed by atoms with E-state index >= 15 is 0 Å². The van der Waals surface area contributed by atoms with E-state index in [0.29, 0.717) is 0 Å². The summed E-state index contributed by atoms with van der Waals surface area (Å²) >= 11 is 5.84. The highest BCUT2D eigenvalue weighted by atomic mass is 35.5. The fourth-order valence-electron chi connectivity index (χ4n) is 3.39. The van der Waals surface area contributed by atoms with Crippen LogP contribution in [0.25, 0.3) is 0 Å². The quantitative estimate of drug-likeness (QED) is 0.174. The lowest BCUT2D eigenvalue weighted by Gasteiger charge is -2.16. The molecule has 0 unspecified atom stereocenters. The lowest BCUT2D eigenvalue weighted by Crippen LogP contribution is -2.02. The molecule has 0 aromatic rings. The molecule has 0 aliphatic heterocycles. The standard InChI is InChI=1S/C21H43Cl/c1-3-5-7-9-11-13-17-21(19-15-16-20-22)18-14-12-10-8-6-4-2/h21H,3-20H2,1-2H3. The van der Waals surface area contributed by atoms with Gasteiger partial charge in [-0.1, -0.05) is 117 Å². The van der Waals surface area contributed by atoms with Crippen molar-refractivity contribution < 1.29 is 0 Å². The lowest BCUT2D eigenvalue weighted by molar-refractivity contribution is 0.371. The minimum atomic E-state index is 0.848. The fraction of sp³-hybridized carbons (Fsp3) is 1.00. The van der Waals surface area contributed by atoms with Crippen LogP contribution in [0.2, 0.25) is 0 Å².